The number of carbonyl (C=O) groups excluding carboxylic acids is 1. The predicted molar refractivity (Wildman–Crippen MR) is 86.9 cm³/mol. The summed E-state index contributed by atoms with van der Waals surface area (Å²) in [4.78, 5) is 17.3. The SMILES string of the molecule is O=C(N/N=C\c1ccccc1)c1csc(-c2cccs2)n1. The van der Waals surface area contributed by atoms with Gasteiger partial charge >= 0.3 is 0 Å². The first-order valence-electron chi connectivity index (χ1n) is 6.21. The zero-order valence-corrected chi connectivity index (χ0v) is 12.5. The lowest BCUT2D eigenvalue weighted by atomic mass is 10.2. The molecular formula is C15H11N3OS2. The quantitative estimate of drug-likeness (QED) is 0.590. The summed E-state index contributed by atoms with van der Waals surface area (Å²) >= 11 is 3.05. The van der Waals surface area contributed by atoms with Gasteiger partial charge in [-0.3, -0.25) is 4.79 Å². The summed E-state index contributed by atoms with van der Waals surface area (Å²) in [6.07, 6.45) is 1.60. The normalized spacial score (nSPS) is 10.9. The summed E-state index contributed by atoms with van der Waals surface area (Å²) < 4.78 is 0. The fourth-order valence-corrected chi connectivity index (χ4v) is 3.27. The van der Waals surface area contributed by atoms with Crippen LogP contribution in [0.1, 0.15) is 16.1 Å². The number of hydrogen-bond acceptors (Lipinski definition) is 5. The molecule has 6 heteroatoms. The predicted octanol–water partition coefficient (Wildman–Crippen LogP) is 3.64. The summed E-state index contributed by atoms with van der Waals surface area (Å²) in [5.74, 6) is -0.304. The zero-order valence-electron chi connectivity index (χ0n) is 10.9. The van der Waals surface area contributed by atoms with Crippen LogP contribution in [-0.4, -0.2) is 17.1 Å². The molecule has 0 unspecified atom stereocenters. The zero-order chi connectivity index (χ0) is 14.5. The van der Waals surface area contributed by atoms with Crippen LogP contribution < -0.4 is 5.43 Å². The van der Waals surface area contributed by atoms with Crippen LogP contribution >= 0.6 is 22.7 Å². The molecule has 2 aromatic heterocycles. The maximum Gasteiger partial charge on any atom is 0.290 e. The highest BCUT2D eigenvalue weighted by Gasteiger charge is 2.11. The number of nitrogens with one attached hydrogen (secondary N) is 1. The van der Waals surface area contributed by atoms with Gasteiger partial charge in [0.2, 0.25) is 0 Å². The van der Waals surface area contributed by atoms with Crippen LogP contribution in [0.3, 0.4) is 0 Å². The van der Waals surface area contributed by atoms with E-state index < -0.39 is 0 Å². The first kappa shape index (κ1) is 13.7. The van der Waals surface area contributed by atoms with Crippen LogP contribution in [0.25, 0.3) is 9.88 Å². The fraction of sp³-hybridized carbons (Fsp3) is 0. The van der Waals surface area contributed by atoms with Crippen LogP contribution in [0, 0.1) is 0 Å². The lowest BCUT2D eigenvalue weighted by molar-refractivity contribution is 0.0951. The molecule has 0 bridgehead atoms. The van der Waals surface area contributed by atoms with Gasteiger partial charge in [-0.05, 0) is 17.0 Å². The smallest absolute Gasteiger partial charge is 0.266 e. The highest BCUT2D eigenvalue weighted by molar-refractivity contribution is 7.20. The summed E-state index contributed by atoms with van der Waals surface area (Å²) in [5.41, 5.74) is 3.79. The Morgan fingerprint density at radius 1 is 1.14 bits per heavy atom. The van der Waals surface area contributed by atoms with Gasteiger partial charge in [0, 0.05) is 5.38 Å². The minimum Gasteiger partial charge on any atom is -0.266 e. The van der Waals surface area contributed by atoms with E-state index in [4.69, 9.17) is 0 Å². The summed E-state index contributed by atoms with van der Waals surface area (Å²) in [6, 6.07) is 13.5. The maximum atomic E-state index is 11.9. The number of thiophene rings is 1. The molecule has 1 aromatic carbocycles. The third-order valence-electron chi connectivity index (χ3n) is 2.65. The number of benzene rings is 1. The molecule has 0 radical (unpaired) electrons. The van der Waals surface area contributed by atoms with E-state index in [2.05, 4.69) is 15.5 Å². The Bertz CT molecular complexity index is 748. The van der Waals surface area contributed by atoms with Crippen molar-refractivity contribution in [2.75, 3.05) is 0 Å². The van der Waals surface area contributed by atoms with Gasteiger partial charge in [0.1, 0.15) is 10.7 Å². The molecule has 0 spiro atoms. The highest BCUT2D eigenvalue weighted by atomic mass is 32.1. The second-order valence-corrected chi connectivity index (χ2v) is 5.93. The number of thiazole rings is 1. The Labute approximate surface area is 129 Å². The molecule has 3 rings (SSSR count). The molecule has 2 heterocycles. The van der Waals surface area contributed by atoms with E-state index in [1.165, 1.54) is 11.3 Å². The Morgan fingerprint density at radius 3 is 2.76 bits per heavy atom. The van der Waals surface area contributed by atoms with Gasteiger partial charge in [-0.2, -0.15) is 5.10 Å². The average molecular weight is 313 g/mol. The van der Waals surface area contributed by atoms with E-state index in [1.807, 2.05) is 47.8 Å². The summed E-state index contributed by atoms with van der Waals surface area (Å²) in [5, 5.41) is 8.51. The van der Waals surface area contributed by atoms with Gasteiger partial charge in [-0.15, -0.1) is 22.7 Å². The van der Waals surface area contributed by atoms with E-state index in [0.29, 0.717) is 5.69 Å². The summed E-state index contributed by atoms with van der Waals surface area (Å²) in [6.45, 7) is 0. The molecule has 1 amide bonds. The van der Waals surface area contributed by atoms with Gasteiger partial charge in [-0.1, -0.05) is 36.4 Å². The minimum absolute atomic E-state index is 0.304. The third kappa shape index (κ3) is 3.42. The third-order valence-corrected chi connectivity index (χ3v) is 4.53. The number of aromatic nitrogens is 1. The standard InChI is InChI=1S/C15H11N3OS2/c19-14(18-16-9-11-5-2-1-3-6-11)12-10-21-15(17-12)13-7-4-8-20-13/h1-10H,(H,18,19)/b16-9-. The molecule has 0 fully saturated rings. The highest BCUT2D eigenvalue weighted by Crippen LogP contribution is 2.27. The van der Waals surface area contributed by atoms with Crippen molar-refractivity contribution < 1.29 is 4.79 Å². The van der Waals surface area contributed by atoms with Crippen LogP contribution in [0.5, 0.6) is 0 Å². The van der Waals surface area contributed by atoms with Crippen molar-refractivity contribution in [2.45, 2.75) is 0 Å². The van der Waals surface area contributed by atoms with E-state index in [1.54, 1.807) is 22.9 Å². The van der Waals surface area contributed by atoms with Crippen molar-refractivity contribution in [3.05, 3.63) is 64.5 Å². The number of carbonyl (C=O) groups is 1. The van der Waals surface area contributed by atoms with Gasteiger partial charge < -0.3 is 0 Å². The second kappa shape index (κ2) is 6.43. The molecule has 4 nitrogen and oxygen atoms in total. The second-order valence-electron chi connectivity index (χ2n) is 4.13. The van der Waals surface area contributed by atoms with Crippen molar-refractivity contribution in [2.24, 2.45) is 5.10 Å². The number of nitrogens with zero attached hydrogens (tertiary/aromatic N) is 2. The molecule has 0 saturated heterocycles. The lowest BCUT2D eigenvalue weighted by Gasteiger charge is -1.95. The average Bonchev–Trinajstić information content (AvgIpc) is 3.19. The Balaban J connectivity index is 1.65. The van der Waals surface area contributed by atoms with Crippen molar-refractivity contribution in [3.63, 3.8) is 0 Å². The number of hydrogen-bond donors (Lipinski definition) is 1. The van der Waals surface area contributed by atoms with Crippen molar-refractivity contribution >= 4 is 34.8 Å². The molecule has 3 aromatic rings. The maximum absolute atomic E-state index is 11.9. The van der Waals surface area contributed by atoms with Gasteiger partial charge in [0.05, 0.1) is 11.1 Å². The van der Waals surface area contributed by atoms with Crippen molar-refractivity contribution in [1.29, 1.82) is 0 Å². The minimum atomic E-state index is -0.304. The van der Waals surface area contributed by atoms with E-state index >= 15 is 0 Å². The topological polar surface area (TPSA) is 54.4 Å². The number of rotatable bonds is 4. The monoisotopic (exact) mass is 313 g/mol. The molecule has 0 aliphatic heterocycles. The molecule has 1 N–H and O–H groups in total. The largest absolute Gasteiger partial charge is 0.290 e. The van der Waals surface area contributed by atoms with Crippen LogP contribution in [0.4, 0.5) is 0 Å². The summed E-state index contributed by atoms with van der Waals surface area (Å²) in [7, 11) is 0. The molecular weight excluding hydrogens is 302 g/mol. The molecule has 21 heavy (non-hydrogen) atoms. The lowest BCUT2D eigenvalue weighted by Crippen LogP contribution is -2.17. The molecule has 0 saturated carbocycles. The van der Waals surface area contributed by atoms with E-state index in [0.717, 1.165) is 15.4 Å². The van der Waals surface area contributed by atoms with Gasteiger partial charge in [0.15, 0.2) is 0 Å². The number of amides is 1. The van der Waals surface area contributed by atoms with Gasteiger partial charge in [-0.25, -0.2) is 10.4 Å². The number of hydrazone groups is 1. The van der Waals surface area contributed by atoms with Crippen LogP contribution in [-0.2, 0) is 0 Å². The first-order valence-corrected chi connectivity index (χ1v) is 7.97. The molecule has 104 valence electrons. The van der Waals surface area contributed by atoms with Crippen molar-refractivity contribution in [1.82, 2.24) is 10.4 Å². The Kier molecular flexibility index (Phi) is 4.18. The Morgan fingerprint density at radius 2 is 2.00 bits per heavy atom. The van der Waals surface area contributed by atoms with Crippen LogP contribution in [0.2, 0.25) is 0 Å². The van der Waals surface area contributed by atoms with Gasteiger partial charge in [0.25, 0.3) is 5.91 Å². The molecule has 0 aliphatic carbocycles. The van der Waals surface area contributed by atoms with Crippen LogP contribution in [0.15, 0.2) is 58.3 Å². The Hall–Kier alpha value is -2.31. The van der Waals surface area contributed by atoms with Crippen molar-refractivity contribution in [3.8, 4) is 9.88 Å². The first-order chi connectivity index (χ1) is 10.3. The fourth-order valence-electron chi connectivity index (χ4n) is 1.65. The molecule has 0 atom stereocenters. The molecule has 0 aliphatic rings. The van der Waals surface area contributed by atoms with E-state index in [9.17, 15) is 4.79 Å². The van der Waals surface area contributed by atoms with E-state index in [-0.39, 0.29) is 5.91 Å².